The fourth-order valence-electron chi connectivity index (χ4n) is 2.27. The molecule has 0 bridgehead atoms. The summed E-state index contributed by atoms with van der Waals surface area (Å²) in [5, 5.41) is 25.0. The van der Waals surface area contributed by atoms with Crippen LogP contribution in [0.15, 0.2) is 42.5 Å². The van der Waals surface area contributed by atoms with Gasteiger partial charge in [-0.05, 0) is 17.7 Å². The fraction of sp³-hybridized carbons (Fsp3) is 0.167. The lowest BCUT2D eigenvalue weighted by Crippen LogP contribution is -2.21. The van der Waals surface area contributed by atoms with Crippen LogP contribution >= 0.6 is 0 Å². The molecule has 0 aliphatic rings. The van der Waals surface area contributed by atoms with Crippen molar-refractivity contribution in [3.8, 4) is 17.2 Å². The highest BCUT2D eigenvalue weighted by atomic mass is 16.6. The number of methoxy groups -OCH3 is 2. The number of amides is 1. The van der Waals surface area contributed by atoms with E-state index in [0.29, 0.717) is 17.1 Å². The third kappa shape index (κ3) is 4.50. The summed E-state index contributed by atoms with van der Waals surface area (Å²) in [5.41, 5.74) is 0.576. The number of non-ortho nitro benzene ring substituents is 1. The van der Waals surface area contributed by atoms with E-state index in [2.05, 4.69) is 5.32 Å². The number of benzene rings is 2. The topological polar surface area (TPSA) is 114 Å². The van der Waals surface area contributed by atoms with Gasteiger partial charge >= 0.3 is 0 Å². The summed E-state index contributed by atoms with van der Waals surface area (Å²) in [6.07, 6.45) is 2.82. The number of para-hydroxylation sites is 1. The minimum absolute atomic E-state index is 0.112. The van der Waals surface area contributed by atoms with Gasteiger partial charge in [-0.2, -0.15) is 0 Å². The normalized spacial score (nSPS) is 10.5. The Morgan fingerprint density at radius 1 is 1.23 bits per heavy atom. The molecule has 2 aromatic rings. The molecule has 136 valence electrons. The minimum Gasteiger partial charge on any atom is -0.872 e. The Hall–Kier alpha value is -3.55. The number of carbonyl (C=O) groups is 1. The lowest BCUT2D eigenvalue weighted by molar-refractivity contribution is -0.385. The SMILES string of the molecule is COc1cccc(/C=C/C(=O)NCc2cc([N+](=O)[O-])ccc2[O-])c1OC. The molecule has 1 N–H and O–H groups in total. The van der Waals surface area contributed by atoms with Gasteiger partial charge in [0, 0.05) is 30.3 Å². The third-order valence-corrected chi connectivity index (χ3v) is 3.56. The van der Waals surface area contributed by atoms with Crippen molar-refractivity contribution in [2.75, 3.05) is 14.2 Å². The van der Waals surface area contributed by atoms with E-state index in [4.69, 9.17) is 9.47 Å². The van der Waals surface area contributed by atoms with Crippen molar-refractivity contribution in [3.05, 3.63) is 63.7 Å². The highest BCUT2D eigenvalue weighted by Gasteiger charge is 2.09. The van der Waals surface area contributed by atoms with E-state index in [0.717, 1.165) is 18.2 Å². The van der Waals surface area contributed by atoms with E-state index in [1.165, 1.54) is 20.3 Å². The lowest BCUT2D eigenvalue weighted by atomic mass is 10.1. The van der Waals surface area contributed by atoms with Crippen LogP contribution in [0.3, 0.4) is 0 Å². The number of nitrogens with one attached hydrogen (secondary N) is 1. The van der Waals surface area contributed by atoms with E-state index >= 15 is 0 Å². The zero-order valence-electron chi connectivity index (χ0n) is 14.2. The number of ether oxygens (including phenoxy) is 2. The summed E-state index contributed by atoms with van der Waals surface area (Å²) in [5.74, 6) is 0.178. The van der Waals surface area contributed by atoms with Gasteiger partial charge in [0.2, 0.25) is 5.91 Å². The summed E-state index contributed by atoms with van der Waals surface area (Å²) >= 11 is 0. The average molecular weight is 357 g/mol. The van der Waals surface area contributed by atoms with E-state index in [9.17, 15) is 20.0 Å². The summed E-state index contributed by atoms with van der Waals surface area (Å²) in [7, 11) is 3.00. The molecule has 0 radical (unpaired) electrons. The van der Waals surface area contributed by atoms with Crippen LogP contribution in [-0.2, 0) is 11.3 Å². The van der Waals surface area contributed by atoms with Gasteiger partial charge in [-0.1, -0.05) is 18.2 Å². The molecule has 0 saturated heterocycles. The maximum absolute atomic E-state index is 12.0. The molecule has 2 rings (SSSR count). The molecule has 0 heterocycles. The maximum Gasteiger partial charge on any atom is 0.269 e. The molecule has 0 aromatic heterocycles. The van der Waals surface area contributed by atoms with Crippen LogP contribution in [0.4, 0.5) is 5.69 Å². The highest BCUT2D eigenvalue weighted by Crippen LogP contribution is 2.31. The Bertz CT molecular complexity index is 848. The lowest BCUT2D eigenvalue weighted by Gasteiger charge is -2.13. The van der Waals surface area contributed by atoms with E-state index in [1.807, 2.05) is 0 Å². The second kappa shape index (κ2) is 8.52. The van der Waals surface area contributed by atoms with Crippen LogP contribution in [-0.4, -0.2) is 25.1 Å². The molecule has 1 amide bonds. The number of hydrogen-bond donors (Lipinski definition) is 1. The average Bonchev–Trinajstić information content (AvgIpc) is 2.64. The monoisotopic (exact) mass is 357 g/mol. The summed E-state index contributed by atoms with van der Waals surface area (Å²) in [4.78, 5) is 22.1. The second-order valence-corrected chi connectivity index (χ2v) is 5.18. The van der Waals surface area contributed by atoms with Gasteiger partial charge in [0.1, 0.15) is 0 Å². The largest absolute Gasteiger partial charge is 0.872 e. The minimum atomic E-state index is -0.597. The standard InChI is InChI=1S/C18H18N2O6/c1-25-16-5-3-4-12(18(16)26-2)6-9-17(22)19-11-13-10-14(20(23)24)7-8-15(13)21/h3-10,21H,11H2,1-2H3,(H,19,22)/p-1/b9-6+. The molecular formula is C18H17N2O6-. The Balaban J connectivity index is 2.07. The molecule has 0 aliphatic carbocycles. The van der Waals surface area contributed by atoms with Gasteiger partial charge in [0.25, 0.3) is 5.69 Å². The molecule has 0 unspecified atom stereocenters. The van der Waals surface area contributed by atoms with Crippen LogP contribution in [0.1, 0.15) is 11.1 Å². The van der Waals surface area contributed by atoms with Crippen LogP contribution in [0.25, 0.3) is 6.08 Å². The zero-order chi connectivity index (χ0) is 19.1. The predicted molar refractivity (Wildman–Crippen MR) is 93.0 cm³/mol. The Morgan fingerprint density at radius 2 is 2.00 bits per heavy atom. The van der Waals surface area contributed by atoms with Gasteiger partial charge < -0.3 is 19.9 Å². The van der Waals surface area contributed by atoms with E-state index in [-0.39, 0.29) is 23.5 Å². The molecule has 2 aromatic carbocycles. The Labute approximate surface area is 149 Å². The van der Waals surface area contributed by atoms with Crippen molar-refractivity contribution in [2.45, 2.75) is 6.54 Å². The first-order valence-electron chi connectivity index (χ1n) is 7.57. The molecule has 0 spiro atoms. The van der Waals surface area contributed by atoms with Crippen molar-refractivity contribution in [3.63, 3.8) is 0 Å². The van der Waals surface area contributed by atoms with Gasteiger partial charge in [-0.15, -0.1) is 5.75 Å². The molecule has 0 atom stereocenters. The van der Waals surface area contributed by atoms with Crippen molar-refractivity contribution in [1.29, 1.82) is 0 Å². The fourth-order valence-corrected chi connectivity index (χ4v) is 2.27. The number of carbonyl (C=O) groups excluding carboxylic acids is 1. The molecule has 0 fully saturated rings. The maximum atomic E-state index is 12.0. The van der Waals surface area contributed by atoms with Crippen molar-refractivity contribution in [2.24, 2.45) is 0 Å². The van der Waals surface area contributed by atoms with Gasteiger partial charge in [0.15, 0.2) is 11.5 Å². The van der Waals surface area contributed by atoms with Gasteiger partial charge in [-0.3, -0.25) is 14.9 Å². The zero-order valence-corrected chi connectivity index (χ0v) is 14.2. The molecule has 8 heteroatoms. The van der Waals surface area contributed by atoms with E-state index < -0.39 is 10.8 Å². The first-order valence-corrected chi connectivity index (χ1v) is 7.57. The van der Waals surface area contributed by atoms with E-state index in [1.54, 1.807) is 24.3 Å². The Kier molecular flexibility index (Phi) is 6.15. The van der Waals surface area contributed by atoms with Gasteiger partial charge in [0.05, 0.1) is 19.1 Å². The first-order chi connectivity index (χ1) is 12.5. The summed E-state index contributed by atoms with van der Waals surface area (Å²) < 4.78 is 10.5. The molecule has 0 aliphatic heterocycles. The summed E-state index contributed by atoms with van der Waals surface area (Å²) in [6.45, 7) is -0.112. The number of nitrogens with zero attached hydrogens (tertiary/aromatic N) is 1. The number of nitro groups is 1. The summed E-state index contributed by atoms with van der Waals surface area (Å²) in [6, 6.07) is 8.62. The molecular weight excluding hydrogens is 340 g/mol. The van der Waals surface area contributed by atoms with Gasteiger partial charge in [-0.25, -0.2) is 0 Å². The molecule has 8 nitrogen and oxygen atoms in total. The Morgan fingerprint density at radius 3 is 2.65 bits per heavy atom. The number of rotatable bonds is 7. The second-order valence-electron chi connectivity index (χ2n) is 5.18. The predicted octanol–water partition coefficient (Wildman–Crippen LogP) is 2.02. The van der Waals surface area contributed by atoms with Crippen molar-refractivity contribution < 1.29 is 24.3 Å². The highest BCUT2D eigenvalue weighted by molar-refractivity contribution is 5.92. The van der Waals surface area contributed by atoms with Crippen LogP contribution in [0.2, 0.25) is 0 Å². The third-order valence-electron chi connectivity index (χ3n) is 3.56. The van der Waals surface area contributed by atoms with Crippen LogP contribution < -0.4 is 19.9 Å². The molecule has 26 heavy (non-hydrogen) atoms. The number of nitro benzene ring substituents is 1. The number of hydrogen-bond acceptors (Lipinski definition) is 6. The first kappa shape index (κ1) is 18.8. The van der Waals surface area contributed by atoms with Crippen molar-refractivity contribution in [1.82, 2.24) is 5.32 Å². The smallest absolute Gasteiger partial charge is 0.269 e. The van der Waals surface area contributed by atoms with Crippen LogP contribution in [0.5, 0.6) is 17.2 Å². The quantitative estimate of drug-likeness (QED) is 0.461. The van der Waals surface area contributed by atoms with Crippen molar-refractivity contribution >= 4 is 17.7 Å². The molecule has 0 saturated carbocycles. The van der Waals surface area contributed by atoms with Crippen LogP contribution in [0, 0.1) is 10.1 Å².